The number of methoxy groups -OCH3 is 1. The Hall–Kier alpha value is -4.22. The molecule has 0 aliphatic carbocycles. The number of benzene rings is 2. The predicted molar refractivity (Wildman–Crippen MR) is 134 cm³/mol. The molecule has 4 aromatic rings. The first-order valence-electron chi connectivity index (χ1n) is 11.5. The van der Waals surface area contributed by atoms with Crippen molar-refractivity contribution >= 4 is 11.6 Å². The molecular formula is C27H27N5O3. The van der Waals surface area contributed by atoms with Crippen molar-refractivity contribution in [1.82, 2.24) is 19.5 Å². The summed E-state index contributed by atoms with van der Waals surface area (Å²) in [5.41, 5.74) is 9.45. The fraction of sp³-hybridized carbons (Fsp3) is 0.259. The highest BCUT2D eigenvalue weighted by atomic mass is 16.5. The Balaban J connectivity index is 1.44. The maximum Gasteiger partial charge on any atom is 0.269 e. The smallest absolute Gasteiger partial charge is 0.269 e. The lowest BCUT2D eigenvalue weighted by molar-refractivity contribution is 0.0994. The number of carbonyl (C=O) groups is 1. The number of para-hydroxylation sites is 2. The summed E-state index contributed by atoms with van der Waals surface area (Å²) in [6, 6.07) is 14.9. The number of hydrogen-bond donors (Lipinski definition) is 2. The van der Waals surface area contributed by atoms with E-state index in [0.717, 1.165) is 42.8 Å². The molecule has 0 spiro atoms. The first-order valence-corrected chi connectivity index (χ1v) is 11.5. The van der Waals surface area contributed by atoms with Crippen molar-refractivity contribution < 1.29 is 14.3 Å². The second-order valence-electron chi connectivity index (χ2n) is 8.50. The lowest BCUT2D eigenvalue weighted by Gasteiger charge is -2.11. The van der Waals surface area contributed by atoms with Crippen LogP contribution in [0.4, 0.5) is 0 Å². The van der Waals surface area contributed by atoms with Crippen LogP contribution in [0.1, 0.15) is 35.3 Å². The number of nitrogens with two attached hydrogens (primary N) is 1. The fourth-order valence-corrected chi connectivity index (χ4v) is 4.62. The van der Waals surface area contributed by atoms with Gasteiger partial charge in [-0.05, 0) is 56.3 Å². The summed E-state index contributed by atoms with van der Waals surface area (Å²) in [6.07, 6.45) is 2.86. The molecular weight excluding hydrogens is 442 g/mol. The molecule has 3 heterocycles. The van der Waals surface area contributed by atoms with Crippen molar-refractivity contribution in [3.8, 4) is 40.3 Å². The van der Waals surface area contributed by atoms with Crippen LogP contribution >= 0.6 is 0 Å². The molecule has 1 unspecified atom stereocenters. The number of H-pyrrole nitrogens is 1. The number of nitrogens with one attached hydrogen (secondary N) is 1. The molecule has 2 aromatic heterocycles. The van der Waals surface area contributed by atoms with E-state index in [2.05, 4.69) is 26.8 Å². The number of amides is 1. The number of primary amides is 1. The largest absolute Gasteiger partial charge is 0.493 e. The number of ether oxygens (including phenoxy) is 2. The number of likely N-dealkylation sites (tertiary alicyclic amines) is 1. The third-order valence-corrected chi connectivity index (χ3v) is 6.35. The number of aromatic amines is 1. The van der Waals surface area contributed by atoms with Gasteiger partial charge in [-0.25, -0.2) is 4.52 Å². The standard InChI is InChI=1S/C27H27N5O3/c1-3-4-14-31-15-13-19(17-31)21-16-29-32-25(26(28)33)24(30-27(21)32)18-9-11-20(12-10-18)35-23-8-6-5-7-22(23)34-2/h5-12,16,19,30H,13-15,17H2,1-2H3,(H2,28,33). The summed E-state index contributed by atoms with van der Waals surface area (Å²) < 4.78 is 13.0. The van der Waals surface area contributed by atoms with Crippen LogP contribution in [0.15, 0.2) is 54.7 Å². The Morgan fingerprint density at radius 2 is 1.97 bits per heavy atom. The third kappa shape index (κ3) is 4.34. The third-order valence-electron chi connectivity index (χ3n) is 6.35. The van der Waals surface area contributed by atoms with Crippen molar-refractivity contribution in [2.75, 3.05) is 26.7 Å². The molecule has 35 heavy (non-hydrogen) atoms. The summed E-state index contributed by atoms with van der Waals surface area (Å²) in [5.74, 6) is 7.79. The minimum absolute atomic E-state index is 0.315. The van der Waals surface area contributed by atoms with Crippen LogP contribution in [0.5, 0.6) is 17.2 Å². The van der Waals surface area contributed by atoms with Crippen molar-refractivity contribution in [2.45, 2.75) is 19.3 Å². The lowest BCUT2D eigenvalue weighted by Crippen LogP contribution is -2.20. The van der Waals surface area contributed by atoms with Crippen LogP contribution < -0.4 is 15.2 Å². The van der Waals surface area contributed by atoms with Gasteiger partial charge in [-0.1, -0.05) is 18.1 Å². The monoisotopic (exact) mass is 469 g/mol. The molecule has 8 nitrogen and oxygen atoms in total. The van der Waals surface area contributed by atoms with Crippen LogP contribution in [-0.2, 0) is 0 Å². The van der Waals surface area contributed by atoms with Crippen molar-refractivity contribution in [3.63, 3.8) is 0 Å². The summed E-state index contributed by atoms with van der Waals surface area (Å²) >= 11 is 0. The van der Waals surface area contributed by atoms with E-state index < -0.39 is 5.91 Å². The fourth-order valence-electron chi connectivity index (χ4n) is 4.62. The van der Waals surface area contributed by atoms with E-state index in [-0.39, 0.29) is 0 Å². The van der Waals surface area contributed by atoms with Gasteiger partial charge in [-0.3, -0.25) is 9.69 Å². The van der Waals surface area contributed by atoms with Gasteiger partial charge in [-0.2, -0.15) is 5.10 Å². The van der Waals surface area contributed by atoms with Crippen molar-refractivity contribution in [3.05, 3.63) is 66.0 Å². The highest BCUT2D eigenvalue weighted by molar-refractivity contribution is 5.98. The minimum Gasteiger partial charge on any atom is -0.493 e. The van der Waals surface area contributed by atoms with E-state index >= 15 is 0 Å². The molecule has 8 heteroatoms. The number of carbonyl (C=O) groups excluding carboxylic acids is 1. The lowest BCUT2D eigenvalue weighted by atomic mass is 10.0. The second-order valence-corrected chi connectivity index (χ2v) is 8.50. The van der Waals surface area contributed by atoms with E-state index in [0.29, 0.717) is 34.6 Å². The molecule has 2 aromatic carbocycles. The quantitative estimate of drug-likeness (QED) is 0.398. The number of hydrogen-bond acceptors (Lipinski definition) is 5. The van der Waals surface area contributed by atoms with Crippen LogP contribution in [0.2, 0.25) is 0 Å². The van der Waals surface area contributed by atoms with E-state index in [9.17, 15) is 4.79 Å². The zero-order valence-electron chi connectivity index (χ0n) is 19.7. The highest BCUT2D eigenvalue weighted by Crippen LogP contribution is 2.35. The van der Waals surface area contributed by atoms with E-state index in [1.54, 1.807) is 11.6 Å². The summed E-state index contributed by atoms with van der Waals surface area (Å²) in [7, 11) is 1.61. The van der Waals surface area contributed by atoms with Crippen LogP contribution in [0, 0.1) is 11.8 Å². The molecule has 1 fully saturated rings. The van der Waals surface area contributed by atoms with Gasteiger partial charge in [0.1, 0.15) is 11.4 Å². The average Bonchev–Trinajstić information content (AvgIpc) is 3.58. The van der Waals surface area contributed by atoms with E-state index in [4.69, 9.17) is 15.2 Å². The minimum atomic E-state index is -0.540. The Morgan fingerprint density at radius 3 is 2.69 bits per heavy atom. The SMILES string of the molecule is CC#CCN1CCC(c2cnn3c(C(N)=O)c(-c4ccc(Oc5ccccc5OC)cc4)[nH]c23)C1. The Bertz CT molecular complexity index is 1420. The molecule has 1 aliphatic rings. The van der Waals surface area contributed by atoms with Gasteiger partial charge in [0.05, 0.1) is 25.5 Å². The van der Waals surface area contributed by atoms with Crippen LogP contribution in [-0.4, -0.2) is 52.1 Å². The van der Waals surface area contributed by atoms with Crippen LogP contribution in [0.25, 0.3) is 16.9 Å². The van der Waals surface area contributed by atoms with Crippen molar-refractivity contribution in [1.29, 1.82) is 0 Å². The zero-order chi connectivity index (χ0) is 24.4. The maximum atomic E-state index is 12.4. The summed E-state index contributed by atoms with van der Waals surface area (Å²) in [4.78, 5) is 18.2. The maximum absolute atomic E-state index is 12.4. The highest BCUT2D eigenvalue weighted by Gasteiger charge is 2.29. The second kappa shape index (κ2) is 9.57. The Labute approximate surface area is 203 Å². The molecule has 1 aliphatic heterocycles. The molecule has 1 atom stereocenters. The molecule has 0 radical (unpaired) electrons. The zero-order valence-corrected chi connectivity index (χ0v) is 19.7. The predicted octanol–water partition coefficient (Wildman–Crippen LogP) is 4.04. The summed E-state index contributed by atoms with van der Waals surface area (Å²) in [6.45, 7) is 4.52. The number of rotatable bonds is 7. The molecule has 1 saturated heterocycles. The number of aromatic nitrogens is 3. The molecule has 0 saturated carbocycles. The first-order chi connectivity index (χ1) is 17.1. The number of fused-ring (bicyclic) bond motifs is 1. The topological polar surface area (TPSA) is 97.9 Å². The molecule has 178 valence electrons. The first kappa shape index (κ1) is 22.6. The van der Waals surface area contributed by atoms with Gasteiger partial charge in [0.15, 0.2) is 17.2 Å². The number of nitrogens with zero attached hydrogens (tertiary/aromatic N) is 3. The van der Waals surface area contributed by atoms with Gasteiger partial charge < -0.3 is 20.2 Å². The van der Waals surface area contributed by atoms with Gasteiger partial charge in [0.25, 0.3) is 5.91 Å². The molecule has 0 bridgehead atoms. The van der Waals surface area contributed by atoms with Crippen LogP contribution in [0.3, 0.4) is 0 Å². The van der Waals surface area contributed by atoms with Crippen molar-refractivity contribution in [2.24, 2.45) is 5.73 Å². The molecule has 3 N–H and O–H groups in total. The van der Waals surface area contributed by atoms with Gasteiger partial charge >= 0.3 is 0 Å². The normalized spacial score (nSPS) is 15.7. The average molecular weight is 470 g/mol. The Kier molecular flexibility index (Phi) is 6.17. The van der Waals surface area contributed by atoms with Gasteiger partial charge in [0, 0.05) is 23.6 Å². The van der Waals surface area contributed by atoms with E-state index in [1.807, 2.05) is 61.7 Å². The summed E-state index contributed by atoms with van der Waals surface area (Å²) in [5, 5.41) is 4.51. The molecule has 1 amide bonds. The number of imidazole rings is 1. The van der Waals surface area contributed by atoms with Gasteiger partial charge in [-0.15, -0.1) is 5.92 Å². The van der Waals surface area contributed by atoms with E-state index in [1.165, 1.54) is 0 Å². The molecule has 5 rings (SSSR count). The van der Waals surface area contributed by atoms with Gasteiger partial charge in [0.2, 0.25) is 0 Å². The Morgan fingerprint density at radius 1 is 1.20 bits per heavy atom.